The van der Waals surface area contributed by atoms with Crippen LogP contribution in [0.3, 0.4) is 0 Å². The Morgan fingerprint density at radius 2 is 1.77 bits per heavy atom. The second-order valence-corrected chi connectivity index (χ2v) is 6.30. The van der Waals surface area contributed by atoms with Crippen molar-refractivity contribution in [2.24, 2.45) is 0 Å². The van der Waals surface area contributed by atoms with Gasteiger partial charge in [0.1, 0.15) is 0 Å². The standard InChI is InChI=1S/C19H34O3/c1-3-4-5-6-8-11-14-17-18(22-17)15-12-9-7-10-13-16-19(20)21-2/h8,11,17-18H,3-7,9-10,12-16H2,1-2H3/b11-8+/t17-,18-/m0/s1. The van der Waals surface area contributed by atoms with Crippen LogP contribution >= 0.6 is 0 Å². The van der Waals surface area contributed by atoms with Gasteiger partial charge in [0, 0.05) is 6.42 Å². The van der Waals surface area contributed by atoms with Gasteiger partial charge in [-0.1, -0.05) is 57.6 Å². The van der Waals surface area contributed by atoms with Crippen molar-refractivity contribution >= 4 is 5.97 Å². The largest absolute Gasteiger partial charge is 0.469 e. The predicted octanol–water partition coefficient (Wildman–Crippen LogP) is 5.18. The minimum absolute atomic E-state index is 0.0861. The lowest BCUT2D eigenvalue weighted by Gasteiger charge is -2.00. The van der Waals surface area contributed by atoms with Gasteiger partial charge in [0.15, 0.2) is 0 Å². The zero-order chi connectivity index (χ0) is 16.0. The third kappa shape index (κ3) is 9.99. The number of epoxide rings is 1. The average molecular weight is 310 g/mol. The minimum Gasteiger partial charge on any atom is -0.469 e. The van der Waals surface area contributed by atoms with E-state index in [1.807, 2.05) is 0 Å². The molecule has 22 heavy (non-hydrogen) atoms. The van der Waals surface area contributed by atoms with Crippen LogP contribution in [0, 0.1) is 0 Å². The van der Waals surface area contributed by atoms with E-state index in [2.05, 4.69) is 23.8 Å². The average Bonchev–Trinajstić information content (AvgIpc) is 3.28. The van der Waals surface area contributed by atoms with Gasteiger partial charge in [0.2, 0.25) is 0 Å². The van der Waals surface area contributed by atoms with E-state index in [9.17, 15) is 4.79 Å². The Morgan fingerprint density at radius 3 is 2.55 bits per heavy atom. The summed E-state index contributed by atoms with van der Waals surface area (Å²) < 4.78 is 10.3. The highest BCUT2D eigenvalue weighted by Crippen LogP contribution is 2.30. The lowest BCUT2D eigenvalue weighted by molar-refractivity contribution is -0.140. The summed E-state index contributed by atoms with van der Waals surface area (Å²) >= 11 is 0. The molecular weight excluding hydrogens is 276 g/mol. The van der Waals surface area contributed by atoms with Gasteiger partial charge in [-0.25, -0.2) is 0 Å². The molecule has 0 radical (unpaired) electrons. The summed E-state index contributed by atoms with van der Waals surface area (Å²) in [6.07, 6.45) is 19.4. The second kappa shape index (κ2) is 12.7. The summed E-state index contributed by atoms with van der Waals surface area (Å²) in [6, 6.07) is 0. The normalized spacial score (nSPS) is 20.5. The van der Waals surface area contributed by atoms with Crippen molar-refractivity contribution in [2.75, 3.05) is 7.11 Å². The number of ether oxygens (including phenoxy) is 2. The van der Waals surface area contributed by atoms with Crippen LogP contribution in [0.4, 0.5) is 0 Å². The Hall–Kier alpha value is -0.830. The van der Waals surface area contributed by atoms with Crippen molar-refractivity contribution in [2.45, 2.75) is 96.2 Å². The van der Waals surface area contributed by atoms with E-state index in [1.54, 1.807) is 0 Å². The van der Waals surface area contributed by atoms with Crippen molar-refractivity contribution in [3.05, 3.63) is 12.2 Å². The summed E-state index contributed by atoms with van der Waals surface area (Å²) in [7, 11) is 1.45. The molecule has 0 aromatic heterocycles. The number of esters is 1. The molecule has 0 aromatic rings. The summed E-state index contributed by atoms with van der Waals surface area (Å²) in [4.78, 5) is 10.9. The van der Waals surface area contributed by atoms with Crippen LogP contribution in [0.2, 0.25) is 0 Å². The Morgan fingerprint density at radius 1 is 1.00 bits per heavy atom. The molecule has 1 fully saturated rings. The van der Waals surface area contributed by atoms with E-state index in [1.165, 1.54) is 58.5 Å². The molecule has 3 heteroatoms. The van der Waals surface area contributed by atoms with Gasteiger partial charge < -0.3 is 9.47 Å². The molecule has 0 aromatic carbocycles. The number of rotatable bonds is 14. The highest BCUT2D eigenvalue weighted by Gasteiger charge is 2.36. The molecule has 3 nitrogen and oxygen atoms in total. The molecule has 0 aliphatic carbocycles. The number of carbonyl (C=O) groups is 1. The van der Waals surface area contributed by atoms with Gasteiger partial charge in [-0.15, -0.1) is 0 Å². The van der Waals surface area contributed by atoms with Crippen LogP contribution in [0.15, 0.2) is 12.2 Å². The Bertz CT molecular complexity index is 312. The molecule has 0 spiro atoms. The summed E-state index contributed by atoms with van der Waals surface area (Å²) in [5, 5.41) is 0. The molecule has 2 atom stereocenters. The highest BCUT2D eigenvalue weighted by molar-refractivity contribution is 5.68. The fourth-order valence-corrected chi connectivity index (χ4v) is 2.75. The molecule has 0 amide bonds. The van der Waals surface area contributed by atoms with Gasteiger partial charge in [0.05, 0.1) is 19.3 Å². The number of methoxy groups -OCH3 is 1. The fraction of sp³-hybridized carbons (Fsp3) is 0.842. The first-order valence-corrected chi connectivity index (χ1v) is 9.15. The Balaban J connectivity index is 1.83. The molecule has 1 heterocycles. The molecule has 0 bridgehead atoms. The third-order valence-electron chi connectivity index (χ3n) is 4.29. The maximum atomic E-state index is 10.9. The second-order valence-electron chi connectivity index (χ2n) is 6.30. The lowest BCUT2D eigenvalue weighted by atomic mass is 10.1. The van der Waals surface area contributed by atoms with Gasteiger partial charge >= 0.3 is 5.97 Å². The van der Waals surface area contributed by atoms with Crippen molar-refractivity contribution in [3.8, 4) is 0 Å². The minimum atomic E-state index is -0.0861. The number of hydrogen-bond acceptors (Lipinski definition) is 3. The molecule has 0 saturated carbocycles. The van der Waals surface area contributed by atoms with Crippen molar-refractivity contribution in [3.63, 3.8) is 0 Å². The maximum Gasteiger partial charge on any atom is 0.305 e. The first kappa shape index (κ1) is 19.2. The summed E-state index contributed by atoms with van der Waals surface area (Å²) in [5.74, 6) is -0.0861. The zero-order valence-electron chi connectivity index (χ0n) is 14.5. The smallest absolute Gasteiger partial charge is 0.305 e. The van der Waals surface area contributed by atoms with Gasteiger partial charge in [-0.3, -0.25) is 4.79 Å². The molecule has 1 aliphatic rings. The fourth-order valence-electron chi connectivity index (χ4n) is 2.75. The number of allylic oxidation sites excluding steroid dienone is 1. The van der Waals surface area contributed by atoms with Crippen LogP contribution in [0.1, 0.15) is 84.0 Å². The summed E-state index contributed by atoms with van der Waals surface area (Å²) in [5.41, 5.74) is 0. The highest BCUT2D eigenvalue weighted by atomic mass is 16.6. The zero-order valence-corrected chi connectivity index (χ0v) is 14.5. The SMILES string of the molecule is CCCCC/C=C/C[C@@H]1O[C@H]1CCCCCCCC(=O)OC. The van der Waals surface area contributed by atoms with Crippen molar-refractivity contribution in [1.29, 1.82) is 0 Å². The molecule has 0 N–H and O–H groups in total. The first-order valence-electron chi connectivity index (χ1n) is 9.15. The van der Waals surface area contributed by atoms with E-state index in [0.29, 0.717) is 18.6 Å². The van der Waals surface area contributed by atoms with E-state index >= 15 is 0 Å². The summed E-state index contributed by atoms with van der Waals surface area (Å²) in [6.45, 7) is 2.24. The van der Waals surface area contributed by atoms with E-state index in [0.717, 1.165) is 19.3 Å². The monoisotopic (exact) mass is 310 g/mol. The molecule has 1 rings (SSSR count). The molecule has 1 saturated heterocycles. The van der Waals surface area contributed by atoms with Crippen LogP contribution in [0.5, 0.6) is 0 Å². The van der Waals surface area contributed by atoms with Crippen molar-refractivity contribution in [1.82, 2.24) is 0 Å². The van der Waals surface area contributed by atoms with Gasteiger partial charge in [0.25, 0.3) is 0 Å². The van der Waals surface area contributed by atoms with Gasteiger partial charge in [-0.2, -0.15) is 0 Å². The van der Waals surface area contributed by atoms with E-state index in [4.69, 9.17) is 4.74 Å². The topological polar surface area (TPSA) is 38.8 Å². The predicted molar refractivity (Wildman–Crippen MR) is 90.9 cm³/mol. The number of unbranched alkanes of at least 4 members (excludes halogenated alkanes) is 7. The maximum absolute atomic E-state index is 10.9. The number of hydrogen-bond donors (Lipinski definition) is 0. The van der Waals surface area contributed by atoms with E-state index in [-0.39, 0.29) is 5.97 Å². The van der Waals surface area contributed by atoms with Crippen LogP contribution in [-0.2, 0) is 14.3 Å². The van der Waals surface area contributed by atoms with Crippen LogP contribution < -0.4 is 0 Å². The molecular formula is C19H34O3. The molecule has 128 valence electrons. The Kier molecular flexibility index (Phi) is 11.1. The molecule has 0 unspecified atom stereocenters. The Labute approximate surface area is 136 Å². The van der Waals surface area contributed by atoms with Crippen LogP contribution in [-0.4, -0.2) is 25.3 Å². The van der Waals surface area contributed by atoms with Crippen LogP contribution in [0.25, 0.3) is 0 Å². The van der Waals surface area contributed by atoms with E-state index < -0.39 is 0 Å². The quantitative estimate of drug-likeness (QED) is 0.192. The number of carbonyl (C=O) groups excluding carboxylic acids is 1. The first-order chi connectivity index (χ1) is 10.8. The van der Waals surface area contributed by atoms with Crippen molar-refractivity contribution < 1.29 is 14.3 Å². The molecule has 1 aliphatic heterocycles. The van der Waals surface area contributed by atoms with Gasteiger partial charge in [-0.05, 0) is 32.1 Å². The third-order valence-corrected chi connectivity index (χ3v) is 4.29. The lowest BCUT2D eigenvalue weighted by Crippen LogP contribution is -1.99.